The molecule has 3 N–H and O–H groups in total. The van der Waals surface area contributed by atoms with E-state index in [2.05, 4.69) is 30.2 Å². The average Bonchev–Trinajstić information content (AvgIpc) is 3.74. The van der Waals surface area contributed by atoms with Crippen LogP contribution in [0.2, 0.25) is 0 Å². The standard InChI is InChI=1S/C25H24N10O3S2/c1-40(37,38)20-19(14-8-15-3-4-16(9-14)34(15)25(36)22-29-12-30-33-22)32-23-17(11-31-35(23)21(20)26)13-2-5-18(28-10-13)24-27-6-7-39-24/h2,5-7,10-12,14-16H,3-4,8-9,26H2,1H3,(H,29,30,33)/t14-,15-,16+. The molecule has 204 valence electrons. The van der Waals surface area contributed by atoms with Crippen LogP contribution in [0.1, 0.15) is 47.9 Å². The summed E-state index contributed by atoms with van der Waals surface area (Å²) in [5.74, 6) is -0.175. The molecule has 2 fully saturated rings. The van der Waals surface area contributed by atoms with Gasteiger partial charge in [-0.25, -0.2) is 18.4 Å². The first kappa shape index (κ1) is 24.8. The Labute approximate surface area is 232 Å². The number of hydrogen-bond donors (Lipinski definition) is 2. The highest BCUT2D eigenvalue weighted by molar-refractivity contribution is 7.91. The Balaban J connectivity index is 1.29. The second-order valence-electron chi connectivity index (χ2n) is 10.1. The first-order valence-electron chi connectivity index (χ1n) is 12.7. The predicted molar refractivity (Wildman–Crippen MR) is 146 cm³/mol. The van der Waals surface area contributed by atoms with E-state index in [0.29, 0.717) is 29.7 Å². The number of aromatic nitrogens is 8. The Bertz CT molecular complexity index is 1820. The molecule has 3 atom stereocenters. The molecule has 2 bridgehead atoms. The van der Waals surface area contributed by atoms with Crippen LogP contribution < -0.4 is 5.73 Å². The van der Waals surface area contributed by atoms with Crippen molar-refractivity contribution in [1.82, 2.24) is 44.6 Å². The molecule has 5 aromatic heterocycles. The van der Waals surface area contributed by atoms with E-state index in [4.69, 9.17) is 10.7 Å². The number of amides is 1. The summed E-state index contributed by atoms with van der Waals surface area (Å²) >= 11 is 1.50. The number of nitrogens with one attached hydrogen (secondary N) is 1. The van der Waals surface area contributed by atoms with E-state index in [-0.39, 0.29) is 40.4 Å². The minimum Gasteiger partial charge on any atom is -0.382 e. The largest absolute Gasteiger partial charge is 0.382 e. The lowest BCUT2D eigenvalue weighted by Gasteiger charge is -2.38. The third kappa shape index (κ3) is 3.95. The number of anilines is 1. The van der Waals surface area contributed by atoms with E-state index in [9.17, 15) is 13.2 Å². The molecule has 1 amide bonds. The number of H-pyrrole nitrogens is 1. The molecule has 0 aliphatic carbocycles. The Morgan fingerprint density at radius 2 is 1.95 bits per heavy atom. The third-order valence-corrected chi connectivity index (χ3v) is 9.69. The first-order chi connectivity index (χ1) is 19.3. The zero-order chi connectivity index (χ0) is 27.6. The fourth-order valence-corrected chi connectivity index (χ4v) is 7.74. The topological polar surface area (TPSA) is 178 Å². The van der Waals surface area contributed by atoms with Crippen LogP contribution in [0.25, 0.3) is 27.5 Å². The van der Waals surface area contributed by atoms with Gasteiger partial charge in [-0.15, -0.1) is 21.5 Å². The Morgan fingerprint density at radius 1 is 1.15 bits per heavy atom. The summed E-state index contributed by atoms with van der Waals surface area (Å²) in [6.45, 7) is 0. The number of nitrogens with two attached hydrogens (primary N) is 1. The van der Waals surface area contributed by atoms with Gasteiger partial charge in [0.1, 0.15) is 22.0 Å². The number of fused-ring (bicyclic) bond motifs is 3. The van der Waals surface area contributed by atoms with Gasteiger partial charge in [0.05, 0.1) is 17.6 Å². The molecule has 0 saturated carbocycles. The molecule has 7 rings (SSSR count). The van der Waals surface area contributed by atoms with Crippen molar-refractivity contribution in [2.24, 2.45) is 0 Å². The van der Waals surface area contributed by atoms with Gasteiger partial charge in [0.2, 0.25) is 5.82 Å². The Hall–Kier alpha value is -4.24. The maximum Gasteiger partial charge on any atom is 0.292 e. The maximum atomic E-state index is 13.1. The van der Waals surface area contributed by atoms with E-state index in [1.54, 1.807) is 18.6 Å². The smallest absolute Gasteiger partial charge is 0.292 e. The monoisotopic (exact) mass is 576 g/mol. The van der Waals surface area contributed by atoms with E-state index < -0.39 is 9.84 Å². The maximum absolute atomic E-state index is 13.1. The molecular formula is C25H24N10O3S2. The number of pyridine rings is 1. The van der Waals surface area contributed by atoms with E-state index in [1.807, 2.05) is 22.4 Å². The van der Waals surface area contributed by atoms with Crippen molar-refractivity contribution in [1.29, 1.82) is 0 Å². The van der Waals surface area contributed by atoms with Gasteiger partial charge < -0.3 is 15.6 Å². The molecule has 0 spiro atoms. The predicted octanol–water partition coefficient (Wildman–Crippen LogP) is 2.57. The second-order valence-corrected chi connectivity index (χ2v) is 13.0. The van der Waals surface area contributed by atoms with E-state index >= 15 is 0 Å². The van der Waals surface area contributed by atoms with Gasteiger partial charge >= 0.3 is 0 Å². The van der Waals surface area contributed by atoms with Gasteiger partial charge in [-0.1, -0.05) is 6.07 Å². The first-order valence-corrected chi connectivity index (χ1v) is 15.5. The molecule has 2 aliphatic heterocycles. The lowest BCUT2D eigenvalue weighted by Crippen LogP contribution is -2.46. The number of carbonyl (C=O) groups is 1. The number of nitrogens with zero attached hydrogens (tertiary/aromatic N) is 8. The molecule has 5 aromatic rings. The van der Waals surface area contributed by atoms with Crippen LogP contribution in [0.4, 0.5) is 5.82 Å². The number of sulfone groups is 1. The summed E-state index contributed by atoms with van der Waals surface area (Å²) in [6.07, 6.45) is 10.4. The van der Waals surface area contributed by atoms with E-state index in [0.717, 1.165) is 35.4 Å². The zero-order valence-corrected chi connectivity index (χ0v) is 22.9. The van der Waals surface area contributed by atoms with Crippen molar-refractivity contribution >= 4 is 38.5 Å². The number of thiazole rings is 1. The molecule has 0 radical (unpaired) electrons. The summed E-state index contributed by atoms with van der Waals surface area (Å²) < 4.78 is 27.4. The van der Waals surface area contributed by atoms with Crippen LogP contribution in [-0.4, -0.2) is 77.3 Å². The minimum atomic E-state index is -3.74. The fraction of sp³-hybridized carbons (Fsp3) is 0.320. The normalized spacial score (nSPS) is 20.8. The second kappa shape index (κ2) is 9.16. The fourth-order valence-electron chi connectivity index (χ4n) is 6.07. The summed E-state index contributed by atoms with van der Waals surface area (Å²) in [5, 5.41) is 14.7. The highest BCUT2D eigenvalue weighted by Crippen LogP contribution is 2.45. The average molecular weight is 577 g/mol. The van der Waals surface area contributed by atoms with Gasteiger partial charge in [-0.2, -0.15) is 9.61 Å². The summed E-state index contributed by atoms with van der Waals surface area (Å²) in [7, 11) is -3.74. The van der Waals surface area contributed by atoms with Crippen molar-refractivity contribution in [2.45, 2.75) is 48.6 Å². The van der Waals surface area contributed by atoms with Crippen molar-refractivity contribution in [2.75, 3.05) is 12.0 Å². The minimum absolute atomic E-state index is 0.00805. The van der Waals surface area contributed by atoms with Crippen molar-refractivity contribution < 1.29 is 13.2 Å². The quantitative estimate of drug-likeness (QED) is 0.316. The molecule has 7 heterocycles. The highest BCUT2D eigenvalue weighted by Gasteiger charge is 2.46. The van der Waals surface area contributed by atoms with Crippen molar-refractivity contribution in [3.8, 4) is 21.8 Å². The lowest BCUT2D eigenvalue weighted by molar-refractivity contribution is 0.0556. The van der Waals surface area contributed by atoms with Gasteiger partial charge in [0.25, 0.3) is 5.91 Å². The van der Waals surface area contributed by atoms with Crippen LogP contribution >= 0.6 is 11.3 Å². The van der Waals surface area contributed by atoms with Crippen LogP contribution in [0.15, 0.2) is 47.3 Å². The lowest BCUT2D eigenvalue weighted by atomic mass is 9.87. The number of nitrogen functional groups attached to an aromatic ring is 1. The molecule has 0 aromatic carbocycles. The number of aromatic amines is 1. The summed E-state index contributed by atoms with van der Waals surface area (Å²) in [4.78, 5) is 31.6. The summed E-state index contributed by atoms with van der Waals surface area (Å²) in [5.41, 5.74) is 9.58. The number of carbonyl (C=O) groups excluding carboxylic acids is 1. The van der Waals surface area contributed by atoms with Crippen LogP contribution in [-0.2, 0) is 9.84 Å². The molecule has 2 saturated heterocycles. The molecule has 0 unspecified atom stereocenters. The number of hydrogen-bond acceptors (Lipinski definition) is 11. The Kier molecular flexibility index (Phi) is 5.67. The molecular weight excluding hydrogens is 552 g/mol. The third-order valence-electron chi connectivity index (χ3n) is 7.73. The van der Waals surface area contributed by atoms with Gasteiger partial charge in [0.15, 0.2) is 15.5 Å². The van der Waals surface area contributed by atoms with Gasteiger partial charge in [-0.05, 0) is 31.7 Å². The van der Waals surface area contributed by atoms with Crippen LogP contribution in [0.3, 0.4) is 0 Å². The molecule has 2 aliphatic rings. The molecule has 13 nitrogen and oxygen atoms in total. The van der Waals surface area contributed by atoms with Crippen molar-refractivity contribution in [3.63, 3.8) is 0 Å². The van der Waals surface area contributed by atoms with Gasteiger partial charge in [0, 0.05) is 53.2 Å². The highest BCUT2D eigenvalue weighted by atomic mass is 32.2. The zero-order valence-electron chi connectivity index (χ0n) is 21.3. The van der Waals surface area contributed by atoms with Crippen molar-refractivity contribution in [3.05, 3.63) is 53.9 Å². The van der Waals surface area contributed by atoms with Crippen LogP contribution in [0, 0.1) is 0 Å². The van der Waals surface area contributed by atoms with E-state index in [1.165, 1.54) is 22.2 Å². The SMILES string of the molecule is CS(=O)(=O)c1c([C@@H]2C[C@H]3CC[C@@H](C2)N3C(=O)c2nnc[nH]2)nc2c(-c3ccc(-c4nccs4)nc3)cnn2c1N. The molecule has 15 heteroatoms. The van der Waals surface area contributed by atoms with Crippen LogP contribution in [0.5, 0.6) is 0 Å². The number of piperidine rings is 1. The number of rotatable bonds is 5. The molecule has 40 heavy (non-hydrogen) atoms. The summed E-state index contributed by atoms with van der Waals surface area (Å²) in [6, 6.07) is 3.66. The van der Waals surface area contributed by atoms with Gasteiger partial charge in [-0.3, -0.25) is 9.78 Å². The Morgan fingerprint density at radius 3 is 2.58 bits per heavy atom.